The molecule has 1 aliphatic heterocycles. The van der Waals surface area contributed by atoms with Crippen molar-refractivity contribution in [2.24, 2.45) is 0 Å². The lowest BCUT2D eigenvalue weighted by molar-refractivity contribution is -0.130. The van der Waals surface area contributed by atoms with Crippen molar-refractivity contribution in [3.63, 3.8) is 0 Å². The highest BCUT2D eigenvalue weighted by Crippen LogP contribution is 2.32. The minimum atomic E-state index is 0.118. The lowest BCUT2D eigenvalue weighted by atomic mass is 10.2. The van der Waals surface area contributed by atoms with Crippen molar-refractivity contribution in [1.82, 2.24) is 9.47 Å². The molecule has 3 aromatic rings. The number of hydrogen-bond donors (Lipinski definition) is 0. The average molecular weight is 290 g/mol. The Bertz CT molecular complexity index is 806. The van der Waals surface area contributed by atoms with Gasteiger partial charge in [0, 0.05) is 24.7 Å². The van der Waals surface area contributed by atoms with Gasteiger partial charge < -0.3 is 9.47 Å². The maximum Gasteiger partial charge on any atom is 0.224 e. The van der Waals surface area contributed by atoms with E-state index < -0.39 is 0 Å². The number of carbonyl (C=O) groups excluding carboxylic acids is 1. The Morgan fingerprint density at radius 1 is 0.955 bits per heavy atom. The SMILES string of the molecule is O=C1CC[C@@H](n2ccc3ccccc32)N1Cc1ccccc1. The van der Waals surface area contributed by atoms with Crippen LogP contribution in [-0.2, 0) is 11.3 Å². The molecular formula is C19H18N2O. The first-order chi connectivity index (χ1) is 10.8. The predicted octanol–water partition coefficient (Wildman–Crippen LogP) is 3.96. The number of carbonyl (C=O) groups is 1. The van der Waals surface area contributed by atoms with Gasteiger partial charge in [0.2, 0.25) is 5.91 Å². The molecule has 1 aromatic heterocycles. The molecule has 0 saturated carbocycles. The Labute approximate surface area is 129 Å². The molecule has 1 atom stereocenters. The summed E-state index contributed by atoms with van der Waals surface area (Å²) in [6.45, 7) is 0.677. The molecular weight excluding hydrogens is 272 g/mol. The molecule has 1 fully saturated rings. The van der Waals surface area contributed by atoms with E-state index in [4.69, 9.17) is 0 Å². The van der Waals surface area contributed by atoms with Crippen molar-refractivity contribution in [2.75, 3.05) is 0 Å². The molecule has 2 heterocycles. The van der Waals surface area contributed by atoms with E-state index in [-0.39, 0.29) is 12.1 Å². The Balaban J connectivity index is 1.69. The van der Waals surface area contributed by atoms with Gasteiger partial charge >= 0.3 is 0 Å². The second kappa shape index (κ2) is 5.34. The summed E-state index contributed by atoms with van der Waals surface area (Å²) in [5.41, 5.74) is 2.37. The van der Waals surface area contributed by atoms with Gasteiger partial charge in [-0.2, -0.15) is 0 Å². The lowest BCUT2D eigenvalue weighted by Crippen LogP contribution is -2.30. The van der Waals surface area contributed by atoms with Crippen molar-refractivity contribution in [1.29, 1.82) is 0 Å². The van der Waals surface area contributed by atoms with Gasteiger partial charge in [-0.1, -0.05) is 48.5 Å². The summed E-state index contributed by atoms with van der Waals surface area (Å²) in [4.78, 5) is 14.3. The first-order valence-electron chi connectivity index (χ1n) is 7.72. The highest BCUT2D eigenvalue weighted by molar-refractivity contribution is 5.82. The fourth-order valence-electron chi connectivity index (χ4n) is 3.35. The fraction of sp³-hybridized carbons (Fsp3) is 0.211. The summed E-state index contributed by atoms with van der Waals surface area (Å²) in [5, 5.41) is 1.22. The summed E-state index contributed by atoms with van der Waals surface area (Å²) in [6.07, 6.45) is 3.73. The molecule has 4 rings (SSSR count). The van der Waals surface area contributed by atoms with E-state index in [0.29, 0.717) is 13.0 Å². The topological polar surface area (TPSA) is 25.2 Å². The highest BCUT2D eigenvalue weighted by Gasteiger charge is 2.32. The summed E-state index contributed by atoms with van der Waals surface area (Å²) >= 11 is 0. The van der Waals surface area contributed by atoms with Gasteiger partial charge in [-0.3, -0.25) is 4.79 Å². The minimum absolute atomic E-state index is 0.118. The molecule has 1 aliphatic rings. The Morgan fingerprint density at radius 2 is 1.73 bits per heavy atom. The first kappa shape index (κ1) is 13.1. The van der Waals surface area contributed by atoms with Crippen LogP contribution < -0.4 is 0 Å². The van der Waals surface area contributed by atoms with Crippen LogP contribution in [0.15, 0.2) is 66.9 Å². The molecule has 110 valence electrons. The van der Waals surface area contributed by atoms with Crippen LogP contribution in [0.2, 0.25) is 0 Å². The van der Waals surface area contributed by atoms with Gasteiger partial charge in [0.15, 0.2) is 0 Å². The molecule has 1 amide bonds. The Hall–Kier alpha value is -2.55. The second-order valence-corrected chi connectivity index (χ2v) is 5.81. The molecule has 0 bridgehead atoms. The molecule has 2 aromatic carbocycles. The Morgan fingerprint density at radius 3 is 2.59 bits per heavy atom. The number of aromatic nitrogens is 1. The summed E-state index contributed by atoms with van der Waals surface area (Å²) in [7, 11) is 0. The minimum Gasteiger partial charge on any atom is -0.326 e. The lowest BCUT2D eigenvalue weighted by Gasteiger charge is -2.27. The maximum atomic E-state index is 12.3. The molecule has 1 saturated heterocycles. The van der Waals surface area contributed by atoms with Gasteiger partial charge in [-0.15, -0.1) is 0 Å². The van der Waals surface area contributed by atoms with Crippen molar-refractivity contribution >= 4 is 16.8 Å². The number of amides is 1. The monoisotopic (exact) mass is 290 g/mol. The first-order valence-corrected chi connectivity index (χ1v) is 7.72. The largest absolute Gasteiger partial charge is 0.326 e. The van der Waals surface area contributed by atoms with E-state index in [2.05, 4.69) is 47.2 Å². The van der Waals surface area contributed by atoms with Crippen molar-refractivity contribution in [2.45, 2.75) is 25.6 Å². The molecule has 0 aliphatic carbocycles. The number of rotatable bonds is 3. The van der Waals surface area contributed by atoms with E-state index in [1.807, 2.05) is 29.2 Å². The molecule has 0 spiro atoms. The molecule has 0 unspecified atom stereocenters. The average Bonchev–Trinajstić information content (AvgIpc) is 3.13. The third kappa shape index (κ3) is 2.19. The van der Waals surface area contributed by atoms with Crippen LogP contribution in [0.25, 0.3) is 10.9 Å². The third-order valence-electron chi connectivity index (χ3n) is 4.44. The van der Waals surface area contributed by atoms with Crippen LogP contribution in [0.1, 0.15) is 24.6 Å². The zero-order chi connectivity index (χ0) is 14.9. The third-order valence-corrected chi connectivity index (χ3v) is 4.44. The number of hydrogen-bond acceptors (Lipinski definition) is 1. The van der Waals surface area contributed by atoms with E-state index >= 15 is 0 Å². The number of para-hydroxylation sites is 1. The smallest absolute Gasteiger partial charge is 0.224 e. The zero-order valence-electron chi connectivity index (χ0n) is 12.4. The van der Waals surface area contributed by atoms with Crippen LogP contribution in [0.3, 0.4) is 0 Å². The van der Waals surface area contributed by atoms with Crippen LogP contribution in [0.4, 0.5) is 0 Å². The fourth-order valence-corrected chi connectivity index (χ4v) is 3.35. The van der Waals surface area contributed by atoms with Gasteiger partial charge in [0.25, 0.3) is 0 Å². The normalized spacial score (nSPS) is 18.3. The highest BCUT2D eigenvalue weighted by atomic mass is 16.2. The van der Waals surface area contributed by atoms with E-state index in [1.54, 1.807) is 0 Å². The number of likely N-dealkylation sites (tertiary alicyclic amines) is 1. The molecule has 0 N–H and O–H groups in total. The summed E-state index contributed by atoms with van der Waals surface area (Å²) in [6, 6.07) is 20.7. The molecule has 3 nitrogen and oxygen atoms in total. The van der Waals surface area contributed by atoms with Gasteiger partial charge in [-0.05, 0) is 29.5 Å². The van der Waals surface area contributed by atoms with Crippen LogP contribution in [0, 0.1) is 0 Å². The quantitative estimate of drug-likeness (QED) is 0.716. The van der Waals surface area contributed by atoms with Crippen LogP contribution >= 0.6 is 0 Å². The predicted molar refractivity (Wildman–Crippen MR) is 87.2 cm³/mol. The van der Waals surface area contributed by atoms with Crippen molar-refractivity contribution < 1.29 is 4.79 Å². The zero-order valence-corrected chi connectivity index (χ0v) is 12.4. The number of benzene rings is 2. The van der Waals surface area contributed by atoms with Gasteiger partial charge in [0.1, 0.15) is 6.17 Å². The summed E-state index contributed by atoms with van der Waals surface area (Å²) < 4.78 is 2.24. The van der Waals surface area contributed by atoms with Crippen LogP contribution in [0.5, 0.6) is 0 Å². The van der Waals surface area contributed by atoms with E-state index in [9.17, 15) is 4.79 Å². The van der Waals surface area contributed by atoms with Crippen molar-refractivity contribution in [3.8, 4) is 0 Å². The number of fused-ring (bicyclic) bond motifs is 1. The second-order valence-electron chi connectivity index (χ2n) is 5.81. The number of nitrogens with zero attached hydrogens (tertiary/aromatic N) is 2. The maximum absolute atomic E-state index is 12.3. The van der Waals surface area contributed by atoms with Crippen LogP contribution in [-0.4, -0.2) is 15.4 Å². The standard InChI is InChI=1S/C19H18N2O/c22-19-11-10-18(21(19)14-15-6-2-1-3-7-15)20-13-12-16-8-4-5-9-17(16)20/h1-9,12-13,18H,10-11,14H2/t18-/m0/s1. The van der Waals surface area contributed by atoms with E-state index in [0.717, 1.165) is 6.42 Å². The summed E-state index contributed by atoms with van der Waals surface area (Å²) in [5.74, 6) is 0.242. The van der Waals surface area contributed by atoms with E-state index in [1.165, 1.54) is 16.5 Å². The van der Waals surface area contributed by atoms with Gasteiger partial charge in [-0.25, -0.2) is 0 Å². The Kier molecular flexibility index (Phi) is 3.19. The molecule has 22 heavy (non-hydrogen) atoms. The molecule has 3 heteroatoms. The molecule has 0 radical (unpaired) electrons. The van der Waals surface area contributed by atoms with Crippen molar-refractivity contribution in [3.05, 3.63) is 72.4 Å². The van der Waals surface area contributed by atoms with Gasteiger partial charge in [0.05, 0.1) is 0 Å².